The lowest BCUT2D eigenvalue weighted by atomic mass is 10.1. The monoisotopic (exact) mass is 390 g/mol. The van der Waals surface area contributed by atoms with Gasteiger partial charge in [0.05, 0.1) is 27.4 Å². The van der Waals surface area contributed by atoms with Gasteiger partial charge in [0.25, 0.3) is 0 Å². The minimum absolute atomic E-state index is 0.00826. The minimum atomic E-state index is -0.628. The standard InChI is InChI=1S/C21H30N2O5/c1-26-17-10-9-15(19(11-17)27-2)12-23-18(13-28-14-20(23)24)21(25)22-16-7-5-3-4-6-8-16/h9-11,16,18H,3-8,12-14H2,1-2H3,(H,22,25)/t18-/m0/s1. The molecule has 0 radical (unpaired) electrons. The number of hydrogen-bond acceptors (Lipinski definition) is 5. The zero-order valence-electron chi connectivity index (χ0n) is 16.7. The number of rotatable bonds is 6. The largest absolute Gasteiger partial charge is 0.497 e. The highest BCUT2D eigenvalue weighted by Gasteiger charge is 2.35. The number of nitrogens with zero attached hydrogens (tertiary/aromatic N) is 1. The normalized spacial score (nSPS) is 21.1. The van der Waals surface area contributed by atoms with E-state index in [1.54, 1.807) is 25.2 Å². The van der Waals surface area contributed by atoms with Gasteiger partial charge in [-0.1, -0.05) is 25.7 Å². The molecule has 1 N–H and O–H groups in total. The fourth-order valence-corrected chi connectivity index (χ4v) is 3.91. The van der Waals surface area contributed by atoms with E-state index in [4.69, 9.17) is 14.2 Å². The van der Waals surface area contributed by atoms with Gasteiger partial charge >= 0.3 is 0 Å². The Morgan fingerprint density at radius 3 is 2.61 bits per heavy atom. The maximum Gasteiger partial charge on any atom is 0.249 e. The Morgan fingerprint density at radius 2 is 1.93 bits per heavy atom. The van der Waals surface area contributed by atoms with Gasteiger partial charge in [0.2, 0.25) is 11.8 Å². The summed E-state index contributed by atoms with van der Waals surface area (Å²) in [7, 11) is 3.17. The zero-order chi connectivity index (χ0) is 19.9. The van der Waals surface area contributed by atoms with Gasteiger partial charge in [-0.2, -0.15) is 0 Å². The summed E-state index contributed by atoms with van der Waals surface area (Å²) in [5.41, 5.74) is 0.825. The Balaban J connectivity index is 1.73. The number of carbonyl (C=O) groups is 2. The molecular weight excluding hydrogens is 360 g/mol. The molecule has 7 nitrogen and oxygen atoms in total. The van der Waals surface area contributed by atoms with Crippen molar-refractivity contribution in [2.24, 2.45) is 0 Å². The van der Waals surface area contributed by atoms with Gasteiger partial charge in [0.1, 0.15) is 24.1 Å². The first-order chi connectivity index (χ1) is 13.6. The van der Waals surface area contributed by atoms with Crippen LogP contribution in [0.1, 0.15) is 44.1 Å². The number of morpholine rings is 1. The number of hydrogen-bond donors (Lipinski definition) is 1. The molecule has 1 saturated carbocycles. The van der Waals surface area contributed by atoms with Crippen LogP contribution < -0.4 is 14.8 Å². The topological polar surface area (TPSA) is 77.1 Å². The molecule has 1 saturated heterocycles. The molecule has 1 heterocycles. The Morgan fingerprint density at radius 1 is 1.18 bits per heavy atom. The van der Waals surface area contributed by atoms with E-state index in [1.165, 1.54) is 12.8 Å². The molecule has 2 amide bonds. The summed E-state index contributed by atoms with van der Waals surface area (Å²) in [4.78, 5) is 27.1. The van der Waals surface area contributed by atoms with E-state index < -0.39 is 6.04 Å². The van der Waals surface area contributed by atoms with Crippen molar-refractivity contribution >= 4 is 11.8 Å². The molecule has 1 aromatic carbocycles. The SMILES string of the molecule is COc1ccc(CN2C(=O)COC[C@H]2C(=O)NC2CCCCCC2)c(OC)c1. The lowest BCUT2D eigenvalue weighted by Gasteiger charge is -2.35. The van der Waals surface area contributed by atoms with E-state index in [9.17, 15) is 9.59 Å². The molecular formula is C21H30N2O5. The first kappa shape index (κ1) is 20.5. The molecule has 0 bridgehead atoms. The molecule has 0 spiro atoms. The summed E-state index contributed by atoms with van der Waals surface area (Å²) in [6, 6.07) is 5.02. The van der Waals surface area contributed by atoms with Crippen LogP contribution in [0.25, 0.3) is 0 Å². The van der Waals surface area contributed by atoms with Crippen molar-refractivity contribution in [3.8, 4) is 11.5 Å². The van der Waals surface area contributed by atoms with Crippen LogP contribution in [0.2, 0.25) is 0 Å². The van der Waals surface area contributed by atoms with Gasteiger partial charge in [-0.15, -0.1) is 0 Å². The van der Waals surface area contributed by atoms with Gasteiger partial charge in [-0.3, -0.25) is 9.59 Å². The highest BCUT2D eigenvalue weighted by molar-refractivity contribution is 5.89. The lowest BCUT2D eigenvalue weighted by Crippen LogP contribution is -2.57. The molecule has 1 aliphatic carbocycles. The summed E-state index contributed by atoms with van der Waals surface area (Å²) >= 11 is 0. The van der Waals surface area contributed by atoms with Crippen molar-refractivity contribution in [1.82, 2.24) is 10.2 Å². The number of amides is 2. The first-order valence-corrected chi connectivity index (χ1v) is 10.0. The summed E-state index contributed by atoms with van der Waals surface area (Å²) < 4.78 is 16.1. The third kappa shape index (κ3) is 4.95. The molecule has 154 valence electrons. The molecule has 3 rings (SSSR count). The molecule has 1 atom stereocenters. The van der Waals surface area contributed by atoms with Crippen LogP contribution in [-0.4, -0.2) is 56.2 Å². The van der Waals surface area contributed by atoms with Crippen LogP contribution in [-0.2, 0) is 20.9 Å². The smallest absolute Gasteiger partial charge is 0.249 e. The zero-order valence-corrected chi connectivity index (χ0v) is 16.7. The van der Waals surface area contributed by atoms with Gasteiger partial charge in [-0.25, -0.2) is 0 Å². The third-order valence-corrected chi connectivity index (χ3v) is 5.54. The van der Waals surface area contributed by atoms with Gasteiger partial charge in [0.15, 0.2) is 0 Å². The molecule has 1 aliphatic heterocycles. The molecule has 28 heavy (non-hydrogen) atoms. The Kier molecular flexibility index (Phi) is 7.14. The van der Waals surface area contributed by atoms with Crippen molar-refractivity contribution in [2.45, 2.75) is 57.2 Å². The third-order valence-electron chi connectivity index (χ3n) is 5.54. The van der Waals surface area contributed by atoms with E-state index in [0.717, 1.165) is 31.2 Å². The fraction of sp³-hybridized carbons (Fsp3) is 0.619. The van der Waals surface area contributed by atoms with Crippen LogP contribution in [0.5, 0.6) is 11.5 Å². The van der Waals surface area contributed by atoms with Crippen molar-refractivity contribution in [2.75, 3.05) is 27.4 Å². The quantitative estimate of drug-likeness (QED) is 0.754. The maximum atomic E-state index is 12.9. The van der Waals surface area contributed by atoms with E-state index in [1.807, 2.05) is 12.1 Å². The van der Waals surface area contributed by atoms with Crippen molar-refractivity contribution in [3.63, 3.8) is 0 Å². The number of carbonyl (C=O) groups excluding carboxylic acids is 2. The average Bonchev–Trinajstić information content (AvgIpc) is 2.98. The second-order valence-corrected chi connectivity index (χ2v) is 7.43. The summed E-state index contributed by atoms with van der Waals surface area (Å²) in [6.45, 7) is 0.493. The second-order valence-electron chi connectivity index (χ2n) is 7.43. The molecule has 2 aliphatic rings. The summed E-state index contributed by atoms with van der Waals surface area (Å²) in [5, 5.41) is 3.15. The fourth-order valence-electron chi connectivity index (χ4n) is 3.91. The minimum Gasteiger partial charge on any atom is -0.497 e. The molecule has 0 unspecified atom stereocenters. The predicted octanol–water partition coefficient (Wildman–Crippen LogP) is 2.27. The first-order valence-electron chi connectivity index (χ1n) is 10.0. The molecule has 2 fully saturated rings. The van der Waals surface area contributed by atoms with E-state index in [2.05, 4.69) is 5.32 Å². The summed E-state index contributed by atoms with van der Waals surface area (Å²) in [6.07, 6.45) is 6.72. The van der Waals surface area contributed by atoms with E-state index in [0.29, 0.717) is 11.5 Å². The van der Waals surface area contributed by atoms with Gasteiger partial charge < -0.3 is 24.4 Å². The van der Waals surface area contributed by atoms with Crippen molar-refractivity contribution in [3.05, 3.63) is 23.8 Å². The number of nitrogens with one attached hydrogen (secondary N) is 1. The van der Waals surface area contributed by atoms with Crippen molar-refractivity contribution < 1.29 is 23.8 Å². The maximum absolute atomic E-state index is 12.9. The average molecular weight is 390 g/mol. The number of benzene rings is 1. The summed E-state index contributed by atoms with van der Waals surface area (Å²) in [5.74, 6) is 0.982. The molecule has 7 heteroatoms. The Hall–Kier alpha value is -2.28. The van der Waals surface area contributed by atoms with Crippen LogP contribution in [0.4, 0.5) is 0 Å². The molecule has 0 aromatic heterocycles. The molecule has 1 aromatic rings. The highest BCUT2D eigenvalue weighted by Crippen LogP contribution is 2.27. The van der Waals surface area contributed by atoms with E-state index in [-0.39, 0.29) is 37.6 Å². The van der Waals surface area contributed by atoms with E-state index >= 15 is 0 Å². The van der Waals surface area contributed by atoms with Gasteiger partial charge in [-0.05, 0) is 25.0 Å². The lowest BCUT2D eigenvalue weighted by molar-refractivity contribution is -0.156. The second kappa shape index (κ2) is 9.78. The van der Waals surface area contributed by atoms with Crippen LogP contribution in [0, 0.1) is 0 Å². The predicted molar refractivity (Wildman–Crippen MR) is 104 cm³/mol. The van der Waals surface area contributed by atoms with Crippen molar-refractivity contribution in [1.29, 1.82) is 0 Å². The van der Waals surface area contributed by atoms with Crippen LogP contribution in [0.15, 0.2) is 18.2 Å². The number of methoxy groups -OCH3 is 2. The number of ether oxygens (including phenoxy) is 3. The van der Waals surface area contributed by atoms with Crippen LogP contribution in [0.3, 0.4) is 0 Å². The van der Waals surface area contributed by atoms with Gasteiger partial charge in [0, 0.05) is 17.7 Å². The Bertz CT molecular complexity index is 685. The highest BCUT2D eigenvalue weighted by atomic mass is 16.5. The van der Waals surface area contributed by atoms with Crippen LogP contribution >= 0.6 is 0 Å². The Labute approximate surface area is 166 Å².